The number of nitrogens with zero attached hydrogens (tertiary/aromatic N) is 1. The van der Waals surface area contributed by atoms with Crippen molar-refractivity contribution in [2.24, 2.45) is 0 Å². The summed E-state index contributed by atoms with van der Waals surface area (Å²) in [5.74, 6) is -0.803. The zero-order valence-corrected chi connectivity index (χ0v) is 12.8. The van der Waals surface area contributed by atoms with Crippen LogP contribution in [0.25, 0.3) is 6.08 Å². The molecule has 0 bridgehead atoms. The van der Waals surface area contributed by atoms with E-state index in [1.165, 1.54) is 37.5 Å². The first-order valence-corrected chi connectivity index (χ1v) is 6.91. The Kier molecular flexibility index (Phi) is 5.40. The maximum Gasteiger partial charge on any atom is 0.337 e. The van der Waals surface area contributed by atoms with Crippen molar-refractivity contribution in [1.29, 1.82) is 0 Å². The van der Waals surface area contributed by atoms with Gasteiger partial charge in [0.2, 0.25) is 5.91 Å². The first kappa shape index (κ1) is 16.9. The Bertz CT molecular complexity index is 780. The van der Waals surface area contributed by atoms with E-state index < -0.39 is 10.9 Å². The highest BCUT2D eigenvalue weighted by Crippen LogP contribution is 2.15. The van der Waals surface area contributed by atoms with Crippen LogP contribution in [0.3, 0.4) is 0 Å². The van der Waals surface area contributed by atoms with Crippen LogP contribution in [0, 0.1) is 10.1 Å². The summed E-state index contributed by atoms with van der Waals surface area (Å²) in [5.41, 5.74) is 1.57. The van der Waals surface area contributed by atoms with Crippen molar-refractivity contribution in [2.45, 2.75) is 0 Å². The van der Waals surface area contributed by atoms with Gasteiger partial charge < -0.3 is 10.1 Å². The second kappa shape index (κ2) is 7.68. The fourth-order valence-corrected chi connectivity index (χ4v) is 1.87. The summed E-state index contributed by atoms with van der Waals surface area (Å²) in [5, 5.41) is 13.2. The number of carbonyl (C=O) groups is 2. The van der Waals surface area contributed by atoms with Crippen molar-refractivity contribution < 1.29 is 19.2 Å². The van der Waals surface area contributed by atoms with Crippen molar-refractivity contribution in [3.05, 3.63) is 75.8 Å². The first-order valence-electron chi connectivity index (χ1n) is 6.91. The molecule has 0 fully saturated rings. The quantitative estimate of drug-likeness (QED) is 0.394. The number of hydrogen-bond acceptors (Lipinski definition) is 5. The molecule has 0 aromatic heterocycles. The van der Waals surface area contributed by atoms with Gasteiger partial charge in [0.25, 0.3) is 5.69 Å². The van der Waals surface area contributed by atoms with Gasteiger partial charge in [0, 0.05) is 23.9 Å². The molecule has 7 nitrogen and oxygen atoms in total. The number of nitro benzene ring substituents is 1. The van der Waals surface area contributed by atoms with E-state index in [1.807, 2.05) is 0 Å². The van der Waals surface area contributed by atoms with Gasteiger partial charge in [-0.15, -0.1) is 0 Å². The third kappa shape index (κ3) is 4.51. The zero-order valence-electron chi connectivity index (χ0n) is 12.8. The summed E-state index contributed by atoms with van der Waals surface area (Å²) in [6.45, 7) is 0. The molecule has 2 aromatic carbocycles. The largest absolute Gasteiger partial charge is 0.465 e. The normalized spacial score (nSPS) is 10.4. The molecule has 1 amide bonds. The van der Waals surface area contributed by atoms with E-state index in [0.717, 1.165) is 5.56 Å². The predicted molar refractivity (Wildman–Crippen MR) is 88.5 cm³/mol. The van der Waals surface area contributed by atoms with Gasteiger partial charge in [-0.2, -0.15) is 0 Å². The smallest absolute Gasteiger partial charge is 0.337 e. The number of nitro groups is 1. The molecule has 0 saturated carbocycles. The van der Waals surface area contributed by atoms with E-state index in [0.29, 0.717) is 11.3 Å². The summed E-state index contributed by atoms with van der Waals surface area (Å²) in [7, 11) is 1.30. The minimum absolute atomic E-state index is 0.0470. The van der Waals surface area contributed by atoms with Crippen LogP contribution in [0.15, 0.2) is 54.6 Å². The number of hydrogen-bond donors (Lipinski definition) is 1. The topological polar surface area (TPSA) is 98.5 Å². The number of nitrogens with one attached hydrogen (secondary N) is 1. The molecule has 1 N–H and O–H groups in total. The van der Waals surface area contributed by atoms with E-state index >= 15 is 0 Å². The lowest BCUT2D eigenvalue weighted by molar-refractivity contribution is -0.384. The Morgan fingerprint density at radius 2 is 1.71 bits per heavy atom. The highest BCUT2D eigenvalue weighted by atomic mass is 16.6. The third-order valence-corrected chi connectivity index (χ3v) is 3.10. The number of rotatable bonds is 5. The van der Waals surface area contributed by atoms with Crippen LogP contribution < -0.4 is 5.32 Å². The molecule has 0 aliphatic rings. The molecule has 2 aromatic rings. The standard InChI is InChI=1S/C17H14N2O5/c1-24-17(21)13-5-2-12(3-6-13)4-11-16(20)18-14-7-9-15(10-8-14)19(22)23/h2-11H,1H3,(H,18,20)/b11-4+. The van der Waals surface area contributed by atoms with Gasteiger partial charge in [-0.3, -0.25) is 14.9 Å². The van der Waals surface area contributed by atoms with Crippen LogP contribution in [-0.4, -0.2) is 23.9 Å². The molecule has 0 saturated heterocycles. The summed E-state index contributed by atoms with van der Waals surface area (Å²) in [4.78, 5) is 33.2. The van der Waals surface area contributed by atoms with Crippen molar-refractivity contribution >= 4 is 29.3 Å². The number of amides is 1. The van der Waals surface area contributed by atoms with E-state index in [4.69, 9.17) is 0 Å². The number of methoxy groups -OCH3 is 1. The molecule has 0 spiro atoms. The van der Waals surface area contributed by atoms with Gasteiger partial charge in [0.15, 0.2) is 0 Å². The Hall–Kier alpha value is -3.48. The fraction of sp³-hybridized carbons (Fsp3) is 0.0588. The Labute approximate surface area is 137 Å². The summed E-state index contributed by atoms with van der Waals surface area (Å²) in [6, 6.07) is 12.1. The van der Waals surface area contributed by atoms with Gasteiger partial charge in [-0.05, 0) is 35.9 Å². The van der Waals surface area contributed by atoms with Crippen LogP contribution in [0.1, 0.15) is 15.9 Å². The zero-order chi connectivity index (χ0) is 17.5. The first-order chi connectivity index (χ1) is 11.5. The molecule has 2 rings (SSSR count). The van der Waals surface area contributed by atoms with Crippen molar-refractivity contribution in [1.82, 2.24) is 0 Å². The number of esters is 1. The average Bonchev–Trinajstić information content (AvgIpc) is 2.60. The minimum atomic E-state index is -0.510. The molecule has 7 heteroatoms. The molecule has 0 heterocycles. The van der Waals surface area contributed by atoms with Gasteiger partial charge in [0.05, 0.1) is 17.6 Å². The van der Waals surface area contributed by atoms with Crippen LogP contribution >= 0.6 is 0 Å². The van der Waals surface area contributed by atoms with Crippen LogP contribution in [0.4, 0.5) is 11.4 Å². The van der Waals surface area contributed by atoms with Crippen LogP contribution in [-0.2, 0) is 9.53 Å². The van der Waals surface area contributed by atoms with Gasteiger partial charge in [-0.1, -0.05) is 12.1 Å². The fourth-order valence-electron chi connectivity index (χ4n) is 1.87. The maximum absolute atomic E-state index is 11.8. The second-order valence-corrected chi connectivity index (χ2v) is 4.74. The predicted octanol–water partition coefficient (Wildman–Crippen LogP) is 3.03. The molecule has 0 aliphatic carbocycles. The average molecular weight is 326 g/mol. The molecule has 0 atom stereocenters. The number of ether oxygens (including phenoxy) is 1. The molecule has 0 aliphatic heterocycles. The number of carbonyl (C=O) groups excluding carboxylic acids is 2. The summed E-state index contributed by atoms with van der Waals surface area (Å²) >= 11 is 0. The highest BCUT2D eigenvalue weighted by molar-refractivity contribution is 6.02. The minimum Gasteiger partial charge on any atom is -0.465 e. The molecule has 0 radical (unpaired) electrons. The number of anilines is 1. The lowest BCUT2D eigenvalue weighted by Crippen LogP contribution is -2.07. The van der Waals surface area contributed by atoms with Crippen LogP contribution in [0.5, 0.6) is 0 Å². The van der Waals surface area contributed by atoms with Crippen molar-refractivity contribution in [3.8, 4) is 0 Å². The van der Waals surface area contributed by atoms with Gasteiger partial charge in [0.1, 0.15) is 0 Å². The second-order valence-electron chi connectivity index (χ2n) is 4.74. The lowest BCUT2D eigenvalue weighted by Gasteiger charge is -2.02. The van der Waals surface area contributed by atoms with E-state index in [-0.39, 0.29) is 11.6 Å². The highest BCUT2D eigenvalue weighted by Gasteiger charge is 2.05. The lowest BCUT2D eigenvalue weighted by atomic mass is 10.1. The van der Waals surface area contributed by atoms with E-state index in [2.05, 4.69) is 10.1 Å². The SMILES string of the molecule is COC(=O)c1ccc(/C=C/C(=O)Nc2ccc([N+](=O)[O-])cc2)cc1. The Morgan fingerprint density at radius 3 is 2.25 bits per heavy atom. The van der Waals surface area contributed by atoms with Gasteiger partial charge in [-0.25, -0.2) is 4.79 Å². The van der Waals surface area contributed by atoms with Crippen molar-refractivity contribution in [2.75, 3.05) is 12.4 Å². The Morgan fingerprint density at radius 1 is 1.08 bits per heavy atom. The third-order valence-electron chi connectivity index (χ3n) is 3.10. The number of non-ortho nitro benzene ring substituents is 1. The maximum atomic E-state index is 11.8. The molecular formula is C17H14N2O5. The molecule has 0 unspecified atom stereocenters. The van der Waals surface area contributed by atoms with E-state index in [9.17, 15) is 19.7 Å². The Balaban J connectivity index is 1.97. The van der Waals surface area contributed by atoms with E-state index in [1.54, 1.807) is 30.3 Å². The van der Waals surface area contributed by atoms with Crippen molar-refractivity contribution in [3.63, 3.8) is 0 Å². The molecule has 24 heavy (non-hydrogen) atoms. The summed E-state index contributed by atoms with van der Waals surface area (Å²) < 4.78 is 4.60. The number of benzene rings is 2. The summed E-state index contributed by atoms with van der Waals surface area (Å²) in [6.07, 6.45) is 2.91. The molecule has 122 valence electrons. The van der Waals surface area contributed by atoms with Gasteiger partial charge >= 0.3 is 5.97 Å². The molecular weight excluding hydrogens is 312 g/mol. The van der Waals surface area contributed by atoms with Crippen LogP contribution in [0.2, 0.25) is 0 Å². The monoisotopic (exact) mass is 326 g/mol.